The van der Waals surface area contributed by atoms with E-state index in [9.17, 15) is 18.0 Å². The fourth-order valence-electron chi connectivity index (χ4n) is 2.04. The Labute approximate surface area is 128 Å². The molecule has 8 heteroatoms. The summed E-state index contributed by atoms with van der Waals surface area (Å²) in [6.07, 6.45) is 1.05. The first-order chi connectivity index (χ1) is 10.1. The maximum absolute atomic E-state index is 12.4. The van der Waals surface area contributed by atoms with Crippen molar-refractivity contribution in [2.24, 2.45) is 0 Å². The summed E-state index contributed by atoms with van der Waals surface area (Å²) >= 11 is 0. The van der Waals surface area contributed by atoms with Crippen LogP contribution in [0.15, 0.2) is 18.2 Å². The normalized spacial score (nSPS) is 19.2. The van der Waals surface area contributed by atoms with Crippen LogP contribution >= 0.6 is 0 Å². The molecule has 1 unspecified atom stereocenters. The van der Waals surface area contributed by atoms with E-state index in [1.807, 2.05) is 13.0 Å². The van der Waals surface area contributed by atoms with Crippen LogP contribution in [0.25, 0.3) is 0 Å². The minimum atomic E-state index is -4.25. The lowest BCUT2D eigenvalue weighted by molar-refractivity contribution is -0.399. The highest BCUT2D eigenvalue weighted by Crippen LogP contribution is 2.24. The Morgan fingerprint density at radius 1 is 1.23 bits per heavy atom. The van der Waals surface area contributed by atoms with Gasteiger partial charge < -0.3 is 4.18 Å². The average molecular weight is 325 g/mol. The molecule has 0 bridgehead atoms. The summed E-state index contributed by atoms with van der Waals surface area (Å²) in [4.78, 5) is 24.4. The quantitative estimate of drug-likeness (QED) is 0.603. The van der Waals surface area contributed by atoms with E-state index in [0.717, 1.165) is 21.3 Å². The zero-order chi connectivity index (χ0) is 16.7. The lowest BCUT2D eigenvalue weighted by Gasteiger charge is -2.20. The highest BCUT2D eigenvalue weighted by Gasteiger charge is 2.47. The molecule has 0 aromatic heterocycles. The molecule has 0 radical (unpaired) electrons. The number of hydrogen-bond acceptors (Lipinski definition) is 5. The second-order valence-corrected chi connectivity index (χ2v) is 6.79. The van der Waals surface area contributed by atoms with E-state index >= 15 is 0 Å². The molecule has 118 valence electrons. The van der Waals surface area contributed by atoms with Crippen molar-refractivity contribution >= 4 is 28.3 Å². The summed E-state index contributed by atoms with van der Waals surface area (Å²) in [5.74, 6) is -0.670. The van der Waals surface area contributed by atoms with Gasteiger partial charge in [-0.25, -0.2) is 9.37 Å². The molecule has 1 heterocycles. The molecular formula is C14H17N2O5S+. The number of carbonyl (C=O) groups is 2. The van der Waals surface area contributed by atoms with Crippen molar-refractivity contribution in [2.45, 2.75) is 19.1 Å². The molecule has 1 atom stereocenters. The van der Waals surface area contributed by atoms with Crippen molar-refractivity contribution in [2.75, 3.05) is 14.1 Å². The van der Waals surface area contributed by atoms with E-state index in [4.69, 9.17) is 4.18 Å². The molecule has 0 N–H and O–H groups in total. The maximum Gasteiger partial charge on any atom is 0.500 e. The van der Waals surface area contributed by atoms with Gasteiger partial charge in [0.2, 0.25) is 0 Å². The fourth-order valence-corrected chi connectivity index (χ4v) is 3.31. The molecule has 22 heavy (non-hydrogen) atoms. The molecule has 0 spiro atoms. The van der Waals surface area contributed by atoms with E-state index in [1.54, 1.807) is 13.0 Å². The fraction of sp³-hybridized carbons (Fsp3) is 0.357. The maximum atomic E-state index is 12.4. The standard InChI is InChI=1S/C14H17N2O5S/c1-9-6-5-7-11(10(9)2)21-22(19,20)12-8-15(3)14(18)16(4)13(12)17/h5-8,12H,1-4H3/q+1. The third kappa shape index (κ3) is 2.74. The van der Waals surface area contributed by atoms with E-state index in [2.05, 4.69) is 0 Å². The highest BCUT2D eigenvalue weighted by atomic mass is 32.2. The van der Waals surface area contributed by atoms with Gasteiger partial charge in [0.25, 0.3) is 5.25 Å². The Morgan fingerprint density at radius 3 is 2.50 bits per heavy atom. The van der Waals surface area contributed by atoms with Crippen LogP contribution in [0, 0.1) is 13.8 Å². The van der Waals surface area contributed by atoms with Crippen molar-refractivity contribution in [3.05, 3.63) is 29.3 Å². The molecule has 2 rings (SSSR count). The van der Waals surface area contributed by atoms with Crippen LogP contribution in [-0.2, 0) is 14.9 Å². The van der Waals surface area contributed by atoms with Gasteiger partial charge in [0, 0.05) is 0 Å². The number of nitrogens with zero attached hydrogens (tertiary/aromatic N) is 2. The second kappa shape index (κ2) is 5.53. The number of carbonyl (C=O) groups excluding carboxylic acids is 2. The molecule has 7 nitrogen and oxygen atoms in total. The second-order valence-electron chi connectivity index (χ2n) is 5.13. The van der Waals surface area contributed by atoms with Gasteiger partial charge >= 0.3 is 22.1 Å². The number of rotatable bonds is 3. The van der Waals surface area contributed by atoms with Crippen molar-refractivity contribution in [3.63, 3.8) is 0 Å². The zero-order valence-corrected chi connectivity index (χ0v) is 13.5. The third-order valence-corrected chi connectivity index (χ3v) is 4.95. The van der Waals surface area contributed by atoms with Crippen LogP contribution in [0.3, 0.4) is 0 Å². The molecule has 0 aliphatic carbocycles. The van der Waals surface area contributed by atoms with Gasteiger partial charge in [0.1, 0.15) is 12.0 Å². The summed E-state index contributed by atoms with van der Waals surface area (Å²) in [6.45, 7) is 3.56. The van der Waals surface area contributed by atoms with Crippen molar-refractivity contribution < 1.29 is 26.8 Å². The van der Waals surface area contributed by atoms with Crippen LogP contribution in [0.2, 0.25) is 0 Å². The minimum absolute atomic E-state index is 0.170. The summed E-state index contributed by atoms with van der Waals surface area (Å²) in [5, 5.41) is -1.56. The number of benzene rings is 1. The first-order valence-corrected chi connectivity index (χ1v) is 8.01. The summed E-state index contributed by atoms with van der Waals surface area (Å²) in [7, 11) is -1.64. The lowest BCUT2D eigenvalue weighted by Crippen LogP contribution is -2.54. The van der Waals surface area contributed by atoms with Crippen molar-refractivity contribution in [3.8, 4) is 5.75 Å². The van der Waals surface area contributed by atoms with E-state index in [0.29, 0.717) is 5.56 Å². The number of aryl methyl sites for hydroxylation is 1. The molecule has 0 fully saturated rings. The predicted octanol–water partition coefficient (Wildman–Crippen LogP) is 0.686. The average Bonchev–Trinajstić information content (AvgIpc) is 2.45. The van der Waals surface area contributed by atoms with Crippen LogP contribution < -0.4 is 4.18 Å². The van der Waals surface area contributed by atoms with Gasteiger partial charge in [0.05, 0.1) is 14.1 Å². The Morgan fingerprint density at radius 2 is 1.86 bits per heavy atom. The summed E-state index contributed by atoms with van der Waals surface area (Å²) < 4.78 is 30.9. The van der Waals surface area contributed by atoms with Gasteiger partial charge in [-0.3, -0.25) is 0 Å². The zero-order valence-electron chi connectivity index (χ0n) is 12.7. The monoisotopic (exact) mass is 325 g/mol. The first kappa shape index (κ1) is 16.2. The Hall–Kier alpha value is -2.22. The molecule has 3 amide bonds. The molecule has 1 aliphatic heterocycles. The smallest absolute Gasteiger partial charge is 0.381 e. The summed E-state index contributed by atoms with van der Waals surface area (Å²) in [5.41, 5.74) is 1.54. The molecule has 1 aliphatic rings. The largest absolute Gasteiger partial charge is 0.500 e. The van der Waals surface area contributed by atoms with Crippen molar-refractivity contribution in [1.29, 1.82) is 0 Å². The van der Waals surface area contributed by atoms with E-state index in [1.165, 1.54) is 20.2 Å². The first-order valence-electron chi connectivity index (χ1n) is 6.54. The SMILES string of the molecule is Cc1cccc(OS(=O)(=O)C2C=[N+](C)C(=O)N(C)C2=O)c1C. The van der Waals surface area contributed by atoms with Crippen LogP contribution in [0.5, 0.6) is 5.75 Å². The molecule has 0 saturated heterocycles. The topological polar surface area (TPSA) is 83.8 Å². The number of urea groups is 1. The van der Waals surface area contributed by atoms with Crippen LogP contribution in [-0.4, -0.2) is 55.4 Å². The molecule has 1 aromatic rings. The number of hydrogen-bond donors (Lipinski definition) is 0. The Balaban J connectivity index is 2.41. The number of imide groups is 1. The Kier molecular flexibility index (Phi) is 4.06. The lowest BCUT2D eigenvalue weighted by atomic mass is 10.1. The summed E-state index contributed by atoms with van der Waals surface area (Å²) in [6, 6.07) is 4.42. The minimum Gasteiger partial charge on any atom is -0.381 e. The van der Waals surface area contributed by atoms with Gasteiger partial charge in [-0.15, -0.1) is 0 Å². The van der Waals surface area contributed by atoms with Gasteiger partial charge in [0.15, 0.2) is 0 Å². The highest BCUT2D eigenvalue weighted by molar-refractivity contribution is 7.89. The third-order valence-electron chi connectivity index (χ3n) is 3.59. The number of amides is 3. The van der Waals surface area contributed by atoms with Crippen molar-refractivity contribution in [1.82, 2.24) is 4.90 Å². The van der Waals surface area contributed by atoms with Crippen LogP contribution in [0.1, 0.15) is 11.1 Å². The Bertz CT molecular complexity index is 782. The molecule has 1 aromatic carbocycles. The van der Waals surface area contributed by atoms with E-state index < -0.39 is 27.3 Å². The van der Waals surface area contributed by atoms with Gasteiger partial charge in [-0.2, -0.15) is 18.1 Å². The van der Waals surface area contributed by atoms with Crippen LogP contribution in [0.4, 0.5) is 4.79 Å². The molecule has 0 saturated carbocycles. The van der Waals surface area contributed by atoms with Gasteiger partial charge in [-0.1, -0.05) is 12.1 Å². The van der Waals surface area contributed by atoms with E-state index in [-0.39, 0.29) is 5.75 Å². The predicted molar refractivity (Wildman–Crippen MR) is 79.7 cm³/mol. The molecular weight excluding hydrogens is 308 g/mol. The van der Waals surface area contributed by atoms with Gasteiger partial charge in [-0.05, 0) is 31.0 Å².